The van der Waals surface area contributed by atoms with Gasteiger partial charge < -0.3 is 23.5 Å². The second kappa shape index (κ2) is 7.05. The lowest BCUT2D eigenvalue weighted by atomic mass is 10.1. The van der Waals surface area contributed by atoms with Gasteiger partial charge >= 0.3 is 0 Å². The van der Waals surface area contributed by atoms with Gasteiger partial charge in [0, 0.05) is 13.0 Å². The average molecular weight is 353 g/mol. The first-order chi connectivity index (χ1) is 12.7. The predicted molar refractivity (Wildman–Crippen MR) is 98.0 cm³/mol. The van der Waals surface area contributed by atoms with Crippen LogP contribution >= 0.6 is 0 Å². The van der Waals surface area contributed by atoms with Crippen LogP contribution in [0.15, 0.2) is 56.4 Å². The van der Waals surface area contributed by atoms with Gasteiger partial charge in [0.2, 0.25) is 5.71 Å². The third-order valence-electron chi connectivity index (χ3n) is 4.15. The minimum absolute atomic E-state index is 0.499. The molecular formula is C19H21N4O3+. The van der Waals surface area contributed by atoms with Crippen LogP contribution in [0.4, 0.5) is 5.82 Å². The summed E-state index contributed by atoms with van der Waals surface area (Å²) < 4.78 is 17.2. The molecule has 26 heavy (non-hydrogen) atoms. The summed E-state index contributed by atoms with van der Waals surface area (Å²) in [5.74, 6) is 2.63. The number of fused-ring (bicyclic) bond motifs is 1. The Labute approximate surface area is 150 Å². The van der Waals surface area contributed by atoms with Crippen LogP contribution in [-0.4, -0.2) is 37.2 Å². The molecule has 0 aromatic carbocycles. The van der Waals surface area contributed by atoms with Gasteiger partial charge in [0.05, 0.1) is 44.1 Å². The molecule has 0 atom stereocenters. The Morgan fingerprint density at radius 1 is 1.04 bits per heavy atom. The molecule has 0 aliphatic rings. The molecule has 7 nitrogen and oxygen atoms in total. The Bertz CT molecular complexity index is 972. The Morgan fingerprint density at radius 2 is 1.81 bits per heavy atom. The Balaban J connectivity index is 1.79. The molecule has 0 bridgehead atoms. The highest BCUT2D eigenvalue weighted by atomic mass is 16.4. The zero-order chi connectivity index (χ0) is 17.9. The largest absolute Gasteiger partial charge is 0.464 e. The van der Waals surface area contributed by atoms with Crippen LogP contribution in [0.1, 0.15) is 6.42 Å². The van der Waals surface area contributed by atoms with Gasteiger partial charge in [-0.3, -0.25) is 0 Å². The fraction of sp³-hybridized carbons (Fsp3) is 0.263. The van der Waals surface area contributed by atoms with Crippen molar-refractivity contribution in [1.29, 1.82) is 0 Å². The molecule has 0 saturated carbocycles. The molecule has 0 aliphatic carbocycles. The number of anilines is 1. The van der Waals surface area contributed by atoms with Crippen molar-refractivity contribution < 1.29 is 18.2 Å². The smallest absolute Gasteiger partial charge is 0.232 e. The van der Waals surface area contributed by atoms with Crippen molar-refractivity contribution in [2.45, 2.75) is 6.42 Å². The first kappa shape index (κ1) is 16.4. The zero-order valence-corrected chi connectivity index (χ0v) is 14.8. The first-order valence-corrected chi connectivity index (χ1v) is 8.62. The third kappa shape index (κ3) is 3.09. The van der Waals surface area contributed by atoms with Crippen LogP contribution in [-0.2, 0) is 0 Å². The number of furan rings is 3. The van der Waals surface area contributed by atoms with E-state index in [1.165, 1.54) is 11.2 Å². The maximum Gasteiger partial charge on any atom is 0.232 e. The van der Waals surface area contributed by atoms with E-state index >= 15 is 0 Å². The number of aromatic nitrogens is 2. The van der Waals surface area contributed by atoms with E-state index < -0.39 is 0 Å². The second-order valence-corrected chi connectivity index (χ2v) is 6.40. The van der Waals surface area contributed by atoms with Gasteiger partial charge in [-0.1, -0.05) is 0 Å². The number of hydrogen-bond acceptors (Lipinski definition) is 6. The SMILES string of the molecule is C[NH+](C)CCCNc1ncnc2oc(-c3ccco3)c(-c3ccco3)c12. The number of quaternary nitrogens is 1. The summed E-state index contributed by atoms with van der Waals surface area (Å²) in [6.45, 7) is 1.89. The highest BCUT2D eigenvalue weighted by molar-refractivity contribution is 6.04. The molecule has 2 N–H and O–H groups in total. The Morgan fingerprint density at radius 3 is 2.50 bits per heavy atom. The first-order valence-electron chi connectivity index (χ1n) is 8.62. The molecule has 0 radical (unpaired) electrons. The average Bonchev–Trinajstić information content (AvgIpc) is 3.37. The number of nitrogens with zero attached hydrogens (tertiary/aromatic N) is 2. The molecule has 4 heterocycles. The third-order valence-corrected chi connectivity index (χ3v) is 4.15. The summed E-state index contributed by atoms with van der Waals surface area (Å²) in [6, 6.07) is 7.41. The van der Waals surface area contributed by atoms with Gasteiger partial charge in [-0.25, -0.2) is 9.97 Å². The summed E-state index contributed by atoms with van der Waals surface area (Å²) in [5, 5.41) is 4.20. The molecule has 4 aromatic rings. The van der Waals surface area contributed by atoms with Crippen molar-refractivity contribution >= 4 is 16.9 Å². The zero-order valence-electron chi connectivity index (χ0n) is 14.8. The fourth-order valence-electron chi connectivity index (χ4n) is 2.95. The lowest BCUT2D eigenvalue weighted by Crippen LogP contribution is -3.05. The molecule has 0 amide bonds. The van der Waals surface area contributed by atoms with E-state index in [-0.39, 0.29) is 0 Å². The fourth-order valence-corrected chi connectivity index (χ4v) is 2.95. The quantitative estimate of drug-likeness (QED) is 0.497. The van der Waals surface area contributed by atoms with Gasteiger partial charge in [0.15, 0.2) is 11.5 Å². The van der Waals surface area contributed by atoms with E-state index in [4.69, 9.17) is 13.3 Å². The molecule has 0 fully saturated rings. The van der Waals surface area contributed by atoms with Gasteiger partial charge in [-0.2, -0.15) is 0 Å². The molecule has 0 spiro atoms. The molecule has 0 aliphatic heterocycles. The predicted octanol–water partition coefficient (Wildman–Crippen LogP) is 2.69. The number of rotatable bonds is 7. The summed E-state index contributed by atoms with van der Waals surface area (Å²) >= 11 is 0. The van der Waals surface area contributed by atoms with Gasteiger partial charge in [0.25, 0.3) is 0 Å². The molecule has 4 rings (SSSR count). The van der Waals surface area contributed by atoms with Crippen molar-refractivity contribution in [3.05, 3.63) is 43.1 Å². The monoisotopic (exact) mass is 353 g/mol. The van der Waals surface area contributed by atoms with Crippen molar-refractivity contribution in [1.82, 2.24) is 9.97 Å². The number of hydrogen-bond donors (Lipinski definition) is 2. The summed E-state index contributed by atoms with van der Waals surface area (Å²) in [7, 11) is 4.28. The van der Waals surface area contributed by atoms with E-state index in [9.17, 15) is 0 Å². The van der Waals surface area contributed by atoms with Crippen LogP contribution < -0.4 is 10.2 Å². The number of nitrogens with one attached hydrogen (secondary N) is 2. The standard InChI is InChI=1S/C19H20N4O3/c1-23(2)9-5-8-20-18-16-15(13-6-3-10-24-13)17(14-7-4-11-25-14)26-19(16)22-12-21-18/h3-4,6-7,10-12H,5,8-9H2,1-2H3,(H,20,21,22)/p+1. The van der Waals surface area contributed by atoms with Crippen molar-refractivity contribution in [3.8, 4) is 22.8 Å². The molecule has 4 aromatic heterocycles. The van der Waals surface area contributed by atoms with Gasteiger partial charge in [0.1, 0.15) is 17.9 Å². The van der Waals surface area contributed by atoms with E-state index in [1.807, 2.05) is 24.3 Å². The Hall–Kier alpha value is -3.06. The molecule has 0 unspecified atom stereocenters. The van der Waals surface area contributed by atoms with E-state index in [0.717, 1.165) is 36.3 Å². The lowest BCUT2D eigenvalue weighted by molar-refractivity contribution is -0.858. The molecular weight excluding hydrogens is 332 g/mol. The minimum Gasteiger partial charge on any atom is -0.464 e. The van der Waals surface area contributed by atoms with Crippen LogP contribution in [0, 0.1) is 0 Å². The topological polar surface area (TPSA) is 81.7 Å². The normalized spacial score (nSPS) is 11.5. The van der Waals surface area contributed by atoms with Crippen LogP contribution in [0.25, 0.3) is 33.9 Å². The second-order valence-electron chi connectivity index (χ2n) is 6.40. The van der Waals surface area contributed by atoms with Crippen LogP contribution in [0.5, 0.6) is 0 Å². The summed E-state index contributed by atoms with van der Waals surface area (Å²) in [4.78, 5) is 10.1. The van der Waals surface area contributed by atoms with Crippen molar-refractivity contribution in [3.63, 3.8) is 0 Å². The highest BCUT2D eigenvalue weighted by Gasteiger charge is 2.25. The van der Waals surface area contributed by atoms with Crippen LogP contribution in [0.3, 0.4) is 0 Å². The van der Waals surface area contributed by atoms with Crippen molar-refractivity contribution in [2.75, 3.05) is 32.5 Å². The lowest BCUT2D eigenvalue weighted by Gasteiger charge is -2.09. The van der Waals surface area contributed by atoms with Crippen molar-refractivity contribution in [2.24, 2.45) is 0 Å². The van der Waals surface area contributed by atoms with Gasteiger partial charge in [-0.15, -0.1) is 0 Å². The van der Waals surface area contributed by atoms with E-state index in [0.29, 0.717) is 23.0 Å². The highest BCUT2D eigenvalue weighted by Crippen LogP contribution is 2.42. The summed E-state index contributed by atoms with van der Waals surface area (Å²) in [5.41, 5.74) is 1.29. The minimum atomic E-state index is 0.499. The van der Waals surface area contributed by atoms with E-state index in [2.05, 4.69) is 29.4 Å². The maximum atomic E-state index is 6.00. The molecule has 0 saturated heterocycles. The van der Waals surface area contributed by atoms with Gasteiger partial charge in [-0.05, 0) is 24.3 Å². The van der Waals surface area contributed by atoms with E-state index in [1.54, 1.807) is 12.5 Å². The summed E-state index contributed by atoms with van der Waals surface area (Å²) in [6.07, 6.45) is 5.79. The Kier molecular flexibility index (Phi) is 4.45. The maximum absolute atomic E-state index is 6.00. The van der Waals surface area contributed by atoms with Crippen LogP contribution in [0.2, 0.25) is 0 Å². The molecule has 134 valence electrons. The molecule has 7 heteroatoms.